The molecule has 0 aliphatic heterocycles. The number of carbonyl (C=O) groups is 1. The van der Waals surface area contributed by atoms with Gasteiger partial charge in [-0.25, -0.2) is 4.79 Å². The van der Waals surface area contributed by atoms with Gasteiger partial charge in [-0.2, -0.15) is 0 Å². The van der Waals surface area contributed by atoms with Crippen LogP contribution in [0.4, 0.5) is 10.5 Å². The van der Waals surface area contributed by atoms with Gasteiger partial charge in [0.1, 0.15) is 0 Å². The van der Waals surface area contributed by atoms with Crippen molar-refractivity contribution in [2.24, 2.45) is 0 Å². The number of hydrogen-bond acceptors (Lipinski definition) is 1. The molecule has 1 aromatic carbocycles. The summed E-state index contributed by atoms with van der Waals surface area (Å²) < 4.78 is 0. The minimum Gasteiger partial charge on any atom is -0.327 e. The fraction of sp³-hybridized carbons (Fsp3) is 0.100. The van der Waals surface area contributed by atoms with Gasteiger partial charge in [-0.15, -0.1) is 6.42 Å². The summed E-state index contributed by atoms with van der Waals surface area (Å²) in [6.07, 6.45) is 4.98. The molecule has 0 spiro atoms. The van der Waals surface area contributed by atoms with E-state index in [9.17, 15) is 4.79 Å². The van der Waals surface area contributed by atoms with Crippen LogP contribution >= 0.6 is 11.6 Å². The minimum atomic E-state index is -0.328. The predicted octanol–water partition coefficient (Wildman–Crippen LogP) is 2.09. The van der Waals surface area contributed by atoms with Crippen molar-refractivity contribution in [3.05, 3.63) is 29.3 Å². The van der Waals surface area contributed by atoms with E-state index in [-0.39, 0.29) is 12.6 Å². The third-order valence-corrected chi connectivity index (χ3v) is 1.71. The number of carbonyl (C=O) groups excluding carboxylic acids is 1. The second-order valence-corrected chi connectivity index (χ2v) is 2.96. The van der Waals surface area contributed by atoms with Crippen LogP contribution in [0.5, 0.6) is 0 Å². The van der Waals surface area contributed by atoms with E-state index in [0.717, 1.165) is 0 Å². The summed E-state index contributed by atoms with van der Waals surface area (Å²) in [5.41, 5.74) is 0.670. The first-order chi connectivity index (χ1) is 6.72. The molecule has 1 rings (SSSR count). The van der Waals surface area contributed by atoms with Gasteiger partial charge in [0.05, 0.1) is 6.54 Å². The molecule has 0 fully saturated rings. The number of nitrogens with one attached hydrogen (secondary N) is 2. The average molecular weight is 209 g/mol. The molecule has 0 aliphatic rings. The number of urea groups is 1. The highest BCUT2D eigenvalue weighted by Crippen LogP contribution is 2.12. The maximum Gasteiger partial charge on any atom is 0.319 e. The van der Waals surface area contributed by atoms with Gasteiger partial charge in [-0.3, -0.25) is 0 Å². The molecule has 0 radical (unpaired) electrons. The fourth-order valence-corrected chi connectivity index (χ4v) is 0.966. The van der Waals surface area contributed by atoms with Crippen LogP contribution in [0.1, 0.15) is 0 Å². The standard InChI is InChI=1S/C10H9ClN2O/c1-2-7-12-10(14)13-9-5-3-8(11)4-6-9/h1,3-6H,7H2,(H2,12,13,14). The molecule has 3 nitrogen and oxygen atoms in total. The third kappa shape index (κ3) is 3.38. The van der Waals surface area contributed by atoms with Crippen molar-refractivity contribution in [1.82, 2.24) is 5.32 Å². The molecule has 0 atom stereocenters. The van der Waals surface area contributed by atoms with Crippen molar-refractivity contribution in [3.8, 4) is 12.3 Å². The Balaban J connectivity index is 2.49. The third-order valence-electron chi connectivity index (χ3n) is 1.45. The quantitative estimate of drug-likeness (QED) is 0.718. The lowest BCUT2D eigenvalue weighted by atomic mass is 10.3. The Labute approximate surface area is 87.5 Å². The summed E-state index contributed by atoms with van der Waals surface area (Å²) in [5.74, 6) is 2.30. The lowest BCUT2D eigenvalue weighted by molar-refractivity contribution is 0.253. The highest BCUT2D eigenvalue weighted by molar-refractivity contribution is 6.30. The zero-order chi connectivity index (χ0) is 10.4. The lowest BCUT2D eigenvalue weighted by Crippen LogP contribution is -2.28. The summed E-state index contributed by atoms with van der Waals surface area (Å²) in [6, 6.07) is 6.47. The van der Waals surface area contributed by atoms with Crippen LogP contribution in [0, 0.1) is 12.3 Å². The van der Waals surface area contributed by atoms with Gasteiger partial charge in [0.25, 0.3) is 0 Å². The number of benzene rings is 1. The van der Waals surface area contributed by atoms with E-state index in [1.165, 1.54) is 0 Å². The van der Waals surface area contributed by atoms with Gasteiger partial charge in [0.15, 0.2) is 0 Å². The molecule has 0 heterocycles. The highest BCUT2D eigenvalue weighted by atomic mass is 35.5. The molecule has 0 saturated heterocycles. The molecule has 0 bridgehead atoms. The molecule has 14 heavy (non-hydrogen) atoms. The van der Waals surface area contributed by atoms with Crippen LogP contribution in [-0.2, 0) is 0 Å². The molecule has 0 aromatic heterocycles. The molecular weight excluding hydrogens is 200 g/mol. The first kappa shape index (κ1) is 10.4. The maximum absolute atomic E-state index is 11.1. The smallest absolute Gasteiger partial charge is 0.319 e. The highest BCUT2D eigenvalue weighted by Gasteiger charge is 1.98. The van der Waals surface area contributed by atoms with E-state index >= 15 is 0 Å². The van der Waals surface area contributed by atoms with Crippen LogP contribution in [0.2, 0.25) is 5.02 Å². The maximum atomic E-state index is 11.1. The Morgan fingerprint density at radius 3 is 2.64 bits per heavy atom. The monoisotopic (exact) mass is 208 g/mol. The zero-order valence-electron chi connectivity index (χ0n) is 7.38. The number of anilines is 1. The normalized spacial score (nSPS) is 8.86. The summed E-state index contributed by atoms with van der Waals surface area (Å²) in [5, 5.41) is 5.70. The topological polar surface area (TPSA) is 41.1 Å². The van der Waals surface area contributed by atoms with Crippen LogP contribution in [0.25, 0.3) is 0 Å². The number of rotatable bonds is 2. The van der Waals surface area contributed by atoms with E-state index in [1.807, 2.05) is 0 Å². The van der Waals surface area contributed by atoms with E-state index in [1.54, 1.807) is 24.3 Å². The van der Waals surface area contributed by atoms with E-state index in [4.69, 9.17) is 18.0 Å². The molecule has 2 amide bonds. The molecule has 72 valence electrons. The van der Waals surface area contributed by atoms with Crippen LogP contribution in [-0.4, -0.2) is 12.6 Å². The van der Waals surface area contributed by atoms with E-state index in [2.05, 4.69) is 16.6 Å². The van der Waals surface area contributed by atoms with Crippen molar-refractivity contribution >= 4 is 23.3 Å². The van der Waals surface area contributed by atoms with Gasteiger partial charge in [-0.05, 0) is 24.3 Å². The summed E-state index contributed by atoms with van der Waals surface area (Å²) >= 11 is 5.68. The van der Waals surface area contributed by atoms with Crippen molar-refractivity contribution < 1.29 is 4.79 Å². The van der Waals surface area contributed by atoms with Crippen LogP contribution in [0.15, 0.2) is 24.3 Å². The van der Waals surface area contributed by atoms with Gasteiger partial charge < -0.3 is 10.6 Å². The number of terminal acetylenes is 1. The molecule has 0 unspecified atom stereocenters. The molecule has 4 heteroatoms. The molecule has 2 N–H and O–H groups in total. The Bertz CT molecular complexity index is 353. The molecule has 0 aliphatic carbocycles. The fourth-order valence-electron chi connectivity index (χ4n) is 0.840. The predicted molar refractivity (Wildman–Crippen MR) is 57.3 cm³/mol. The Kier molecular flexibility index (Phi) is 3.84. The van der Waals surface area contributed by atoms with Crippen molar-refractivity contribution in [3.63, 3.8) is 0 Å². The SMILES string of the molecule is C#CCNC(=O)Nc1ccc(Cl)cc1. The number of amides is 2. The summed E-state index contributed by atoms with van der Waals surface area (Å²) in [7, 11) is 0. The van der Waals surface area contributed by atoms with Gasteiger partial charge in [-0.1, -0.05) is 17.5 Å². The Hall–Kier alpha value is -1.66. The van der Waals surface area contributed by atoms with Gasteiger partial charge in [0, 0.05) is 10.7 Å². The Morgan fingerprint density at radius 1 is 1.43 bits per heavy atom. The van der Waals surface area contributed by atoms with E-state index in [0.29, 0.717) is 10.7 Å². The second kappa shape index (κ2) is 5.15. The summed E-state index contributed by atoms with van der Waals surface area (Å²) in [4.78, 5) is 11.1. The molecular formula is C10H9ClN2O. The Morgan fingerprint density at radius 2 is 2.07 bits per heavy atom. The van der Waals surface area contributed by atoms with E-state index < -0.39 is 0 Å². The lowest BCUT2D eigenvalue weighted by Gasteiger charge is -2.04. The minimum absolute atomic E-state index is 0.208. The number of halogens is 1. The molecule has 0 saturated carbocycles. The van der Waals surface area contributed by atoms with Gasteiger partial charge in [0.2, 0.25) is 0 Å². The van der Waals surface area contributed by atoms with Gasteiger partial charge >= 0.3 is 6.03 Å². The number of hydrogen-bond donors (Lipinski definition) is 2. The average Bonchev–Trinajstić information content (AvgIpc) is 2.18. The first-order valence-corrected chi connectivity index (χ1v) is 4.34. The zero-order valence-corrected chi connectivity index (χ0v) is 8.14. The van der Waals surface area contributed by atoms with Crippen molar-refractivity contribution in [1.29, 1.82) is 0 Å². The largest absolute Gasteiger partial charge is 0.327 e. The van der Waals surface area contributed by atoms with Crippen molar-refractivity contribution in [2.45, 2.75) is 0 Å². The van der Waals surface area contributed by atoms with Crippen LogP contribution in [0.3, 0.4) is 0 Å². The van der Waals surface area contributed by atoms with Crippen LogP contribution < -0.4 is 10.6 Å². The summed E-state index contributed by atoms with van der Waals surface area (Å²) in [6.45, 7) is 0.208. The first-order valence-electron chi connectivity index (χ1n) is 3.96. The molecule has 1 aromatic rings. The van der Waals surface area contributed by atoms with Crippen molar-refractivity contribution in [2.75, 3.05) is 11.9 Å². The second-order valence-electron chi connectivity index (χ2n) is 2.52.